The number of anilines is 4. The Morgan fingerprint density at radius 1 is 0.977 bits per heavy atom. The van der Waals surface area contributed by atoms with Gasteiger partial charge in [-0.15, -0.1) is 0 Å². The molecule has 44 heavy (non-hydrogen) atoms. The zero-order valence-corrected chi connectivity index (χ0v) is 25.8. The number of ether oxygens (including phenoxy) is 1. The first-order chi connectivity index (χ1) is 21.2. The van der Waals surface area contributed by atoms with Crippen LogP contribution in [-0.4, -0.2) is 84.4 Å². The van der Waals surface area contributed by atoms with Gasteiger partial charge in [0, 0.05) is 67.8 Å². The molecule has 2 aliphatic rings. The largest absolute Gasteiger partial charge is 0.437 e. The van der Waals surface area contributed by atoms with Crippen LogP contribution in [-0.2, 0) is 4.79 Å². The maximum Gasteiger partial charge on any atom is 0.271 e. The fourth-order valence-corrected chi connectivity index (χ4v) is 5.31. The van der Waals surface area contributed by atoms with E-state index in [0.29, 0.717) is 17.1 Å². The van der Waals surface area contributed by atoms with Gasteiger partial charge in [0.25, 0.3) is 5.91 Å². The highest BCUT2D eigenvalue weighted by molar-refractivity contribution is 5.99. The minimum Gasteiger partial charge on any atom is -0.437 e. The Balaban J connectivity index is 1.32. The normalized spacial score (nSPS) is 16.0. The summed E-state index contributed by atoms with van der Waals surface area (Å²) in [6.45, 7) is 10.8. The second-order valence-corrected chi connectivity index (χ2v) is 11.6. The van der Waals surface area contributed by atoms with E-state index in [2.05, 4.69) is 42.3 Å². The van der Waals surface area contributed by atoms with Crippen molar-refractivity contribution in [3.63, 3.8) is 0 Å². The van der Waals surface area contributed by atoms with Crippen molar-refractivity contribution in [1.82, 2.24) is 19.8 Å². The van der Waals surface area contributed by atoms with Crippen molar-refractivity contribution >= 4 is 34.7 Å². The molecule has 4 N–H and O–H groups in total. The number of nitrogens with two attached hydrogens (primary N) is 1. The fourth-order valence-electron chi connectivity index (χ4n) is 5.31. The van der Waals surface area contributed by atoms with Crippen molar-refractivity contribution in [3.05, 3.63) is 72.1 Å². The van der Waals surface area contributed by atoms with Crippen LogP contribution in [0.3, 0.4) is 0 Å². The molecule has 0 radical (unpaired) electrons. The van der Waals surface area contributed by atoms with Crippen LogP contribution in [0, 0.1) is 0 Å². The van der Waals surface area contributed by atoms with Gasteiger partial charge >= 0.3 is 0 Å². The zero-order valence-electron chi connectivity index (χ0n) is 25.8. The minimum absolute atomic E-state index is 0.0333. The number of likely N-dealkylation sites (N-methyl/N-ethyl adjacent to an activating group) is 1. The maximum atomic E-state index is 12.5. The van der Waals surface area contributed by atoms with Crippen LogP contribution >= 0.6 is 0 Å². The predicted octanol–water partition coefficient (Wildman–Crippen LogP) is 4.58. The SMILES string of the molecule is CC(C)c1nc(C(N)=O)c(Nc2ccc(N3CCN(C)CC3)cc2)nc1Oc1cccc(NC(=O)C=CCN2CCCC2)c1. The third-order valence-electron chi connectivity index (χ3n) is 7.82. The van der Waals surface area contributed by atoms with Crippen LogP contribution < -0.4 is 26.0 Å². The van der Waals surface area contributed by atoms with Crippen LogP contribution in [0.4, 0.5) is 22.9 Å². The number of nitrogens with zero attached hydrogens (tertiary/aromatic N) is 5. The summed E-state index contributed by atoms with van der Waals surface area (Å²) in [6.07, 6.45) is 5.87. The van der Waals surface area contributed by atoms with Crippen molar-refractivity contribution in [2.24, 2.45) is 5.73 Å². The first-order valence-corrected chi connectivity index (χ1v) is 15.3. The Bertz CT molecular complexity index is 1480. The van der Waals surface area contributed by atoms with Gasteiger partial charge in [-0.25, -0.2) is 4.98 Å². The molecule has 0 spiro atoms. The van der Waals surface area contributed by atoms with E-state index >= 15 is 0 Å². The Morgan fingerprint density at radius 2 is 1.70 bits per heavy atom. The molecular weight excluding hydrogens is 556 g/mol. The third-order valence-corrected chi connectivity index (χ3v) is 7.82. The summed E-state index contributed by atoms with van der Waals surface area (Å²) < 4.78 is 6.21. The molecule has 0 unspecified atom stereocenters. The molecular formula is C33H42N8O3. The van der Waals surface area contributed by atoms with E-state index in [-0.39, 0.29) is 29.2 Å². The lowest BCUT2D eigenvalue weighted by Gasteiger charge is -2.34. The molecule has 11 nitrogen and oxygen atoms in total. The van der Waals surface area contributed by atoms with Gasteiger partial charge in [-0.1, -0.05) is 26.0 Å². The molecule has 2 aromatic carbocycles. The molecule has 0 saturated carbocycles. The van der Waals surface area contributed by atoms with Gasteiger partial charge in [0.1, 0.15) is 11.4 Å². The number of likely N-dealkylation sites (tertiary alicyclic amines) is 1. The van der Waals surface area contributed by atoms with E-state index in [1.807, 2.05) is 44.2 Å². The van der Waals surface area contributed by atoms with Crippen molar-refractivity contribution < 1.29 is 14.3 Å². The van der Waals surface area contributed by atoms with Gasteiger partial charge in [-0.2, -0.15) is 4.98 Å². The van der Waals surface area contributed by atoms with Gasteiger partial charge in [0.05, 0.1) is 0 Å². The second-order valence-electron chi connectivity index (χ2n) is 11.6. The summed E-state index contributed by atoms with van der Waals surface area (Å²) in [5, 5.41) is 6.10. The molecule has 2 amide bonds. The standard InChI is InChI=1S/C33H42N8O3/c1-23(2)29-33(44-27-9-6-8-25(22-27)35-28(42)10-7-17-40-15-4-5-16-40)38-32(30(37-29)31(34)43)36-24-11-13-26(14-12-24)41-20-18-39(3)19-21-41/h6-14,22-23H,4-5,15-21H2,1-3H3,(H2,34,43)(H,35,42)(H,36,38). The Hall–Kier alpha value is -4.48. The highest BCUT2D eigenvalue weighted by atomic mass is 16.5. The number of carbonyl (C=O) groups excluding carboxylic acids is 2. The summed E-state index contributed by atoms with van der Waals surface area (Å²) in [7, 11) is 2.13. The molecule has 0 atom stereocenters. The monoisotopic (exact) mass is 598 g/mol. The van der Waals surface area contributed by atoms with Gasteiger partial charge in [-0.3, -0.25) is 14.5 Å². The van der Waals surface area contributed by atoms with Crippen LogP contribution in [0.15, 0.2) is 60.7 Å². The van der Waals surface area contributed by atoms with Gasteiger partial charge in [0.2, 0.25) is 11.8 Å². The lowest BCUT2D eigenvalue weighted by molar-refractivity contribution is -0.111. The summed E-state index contributed by atoms with van der Waals surface area (Å²) in [5.74, 6) is -0.0807. The summed E-state index contributed by atoms with van der Waals surface area (Å²) in [5.41, 5.74) is 8.72. The first-order valence-electron chi connectivity index (χ1n) is 15.3. The van der Waals surface area contributed by atoms with E-state index in [1.54, 1.807) is 30.3 Å². The van der Waals surface area contributed by atoms with E-state index < -0.39 is 5.91 Å². The number of primary amides is 1. The van der Waals surface area contributed by atoms with E-state index in [9.17, 15) is 9.59 Å². The number of amides is 2. The molecule has 0 bridgehead atoms. The van der Waals surface area contributed by atoms with Gasteiger partial charge in [-0.05, 0) is 69.4 Å². The average Bonchev–Trinajstić information content (AvgIpc) is 3.52. The molecule has 232 valence electrons. The van der Waals surface area contributed by atoms with E-state index in [0.717, 1.165) is 57.2 Å². The molecule has 3 heterocycles. The number of piperazine rings is 1. The van der Waals surface area contributed by atoms with Crippen molar-refractivity contribution in [1.29, 1.82) is 0 Å². The second kappa shape index (κ2) is 14.3. The van der Waals surface area contributed by atoms with Crippen molar-refractivity contribution in [2.45, 2.75) is 32.6 Å². The van der Waals surface area contributed by atoms with Crippen LogP contribution in [0.5, 0.6) is 11.6 Å². The van der Waals surface area contributed by atoms with Crippen LogP contribution in [0.25, 0.3) is 0 Å². The molecule has 2 saturated heterocycles. The number of carbonyl (C=O) groups is 2. The number of hydrogen-bond donors (Lipinski definition) is 3. The first kappa shape index (κ1) is 31.0. The lowest BCUT2D eigenvalue weighted by atomic mass is 10.1. The summed E-state index contributed by atoms with van der Waals surface area (Å²) in [6, 6.07) is 15.1. The topological polar surface area (TPSA) is 129 Å². The molecule has 11 heteroatoms. The summed E-state index contributed by atoms with van der Waals surface area (Å²) in [4.78, 5) is 41.2. The number of nitrogens with one attached hydrogen (secondary N) is 2. The number of aromatic nitrogens is 2. The molecule has 2 aliphatic heterocycles. The van der Waals surface area contributed by atoms with Gasteiger partial charge < -0.3 is 30.9 Å². The Kier molecular flexibility index (Phi) is 10.1. The Labute approximate surface area is 259 Å². The van der Waals surface area contributed by atoms with E-state index in [4.69, 9.17) is 10.5 Å². The molecule has 2 fully saturated rings. The predicted molar refractivity (Wildman–Crippen MR) is 174 cm³/mol. The number of hydrogen-bond acceptors (Lipinski definition) is 9. The molecule has 0 aliphatic carbocycles. The fraction of sp³-hybridized carbons (Fsp3) is 0.394. The Morgan fingerprint density at radius 3 is 2.39 bits per heavy atom. The minimum atomic E-state index is -0.690. The van der Waals surface area contributed by atoms with Crippen molar-refractivity contribution in [2.75, 3.05) is 68.4 Å². The zero-order chi connectivity index (χ0) is 31.1. The molecule has 1 aromatic heterocycles. The van der Waals surface area contributed by atoms with E-state index in [1.165, 1.54) is 12.8 Å². The highest BCUT2D eigenvalue weighted by Gasteiger charge is 2.22. The maximum absolute atomic E-state index is 12.5. The molecule has 3 aromatic rings. The molecule has 5 rings (SSSR count). The van der Waals surface area contributed by atoms with Gasteiger partial charge in [0.15, 0.2) is 11.5 Å². The van der Waals surface area contributed by atoms with Crippen LogP contribution in [0.1, 0.15) is 48.8 Å². The number of rotatable bonds is 11. The summed E-state index contributed by atoms with van der Waals surface area (Å²) >= 11 is 0. The smallest absolute Gasteiger partial charge is 0.271 e. The highest BCUT2D eigenvalue weighted by Crippen LogP contribution is 2.32. The lowest BCUT2D eigenvalue weighted by Crippen LogP contribution is -2.44. The third kappa shape index (κ3) is 8.12. The van der Waals surface area contributed by atoms with Crippen molar-refractivity contribution in [3.8, 4) is 11.6 Å². The van der Waals surface area contributed by atoms with Crippen LogP contribution in [0.2, 0.25) is 0 Å². The average molecular weight is 599 g/mol. The quantitative estimate of drug-likeness (QED) is 0.272. The number of benzene rings is 2.